The molecular formula is C24H24BrN3O4S. The van der Waals surface area contributed by atoms with Crippen LogP contribution in [0.5, 0.6) is 5.75 Å². The number of carbonyl (C=O) groups is 1. The van der Waals surface area contributed by atoms with E-state index in [1.807, 2.05) is 37.3 Å². The van der Waals surface area contributed by atoms with Crippen LogP contribution in [0.2, 0.25) is 0 Å². The molecule has 3 aromatic carbocycles. The van der Waals surface area contributed by atoms with Gasteiger partial charge in [0.25, 0.3) is 5.91 Å². The van der Waals surface area contributed by atoms with Gasteiger partial charge >= 0.3 is 0 Å². The molecule has 0 saturated carbocycles. The van der Waals surface area contributed by atoms with E-state index in [1.54, 1.807) is 30.3 Å². The summed E-state index contributed by atoms with van der Waals surface area (Å²) in [5.41, 5.74) is 4.89. The highest BCUT2D eigenvalue weighted by molar-refractivity contribution is 9.10. The van der Waals surface area contributed by atoms with Crippen molar-refractivity contribution >= 4 is 38.1 Å². The Hall–Kier alpha value is -3.01. The minimum atomic E-state index is -3.90. The molecule has 0 atom stereocenters. The number of sulfonamides is 1. The van der Waals surface area contributed by atoms with Crippen molar-refractivity contribution in [2.45, 2.75) is 18.4 Å². The fourth-order valence-corrected chi connectivity index (χ4v) is 4.82. The van der Waals surface area contributed by atoms with E-state index in [9.17, 15) is 13.2 Å². The smallest absolute Gasteiger partial charge is 0.255 e. The molecule has 3 rings (SSSR count). The van der Waals surface area contributed by atoms with Gasteiger partial charge in [-0.15, -0.1) is 0 Å². The van der Waals surface area contributed by atoms with Crippen LogP contribution in [0, 0.1) is 6.92 Å². The quantitative estimate of drug-likeness (QED) is 0.333. The Bertz CT molecular complexity index is 1230. The van der Waals surface area contributed by atoms with Gasteiger partial charge in [0, 0.05) is 16.6 Å². The van der Waals surface area contributed by atoms with Crippen LogP contribution in [-0.4, -0.2) is 38.5 Å². The van der Waals surface area contributed by atoms with Gasteiger partial charge in [-0.05, 0) is 42.8 Å². The monoisotopic (exact) mass is 529 g/mol. The second-order valence-corrected chi connectivity index (χ2v) is 10.1. The third-order valence-electron chi connectivity index (χ3n) is 4.77. The third kappa shape index (κ3) is 6.74. The van der Waals surface area contributed by atoms with Gasteiger partial charge < -0.3 is 4.74 Å². The Labute approximate surface area is 202 Å². The molecule has 172 valence electrons. The first-order valence-corrected chi connectivity index (χ1v) is 12.3. The molecule has 1 amide bonds. The van der Waals surface area contributed by atoms with E-state index >= 15 is 0 Å². The predicted molar refractivity (Wildman–Crippen MR) is 132 cm³/mol. The van der Waals surface area contributed by atoms with Gasteiger partial charge in [0.15, 0.2) is 0 Å². The Morgan fingerprint density at radius 3 is 2.45 bits per heavy atom. The highest BCUT2D eigenvalue weighted by Gasteiger charge is 2.26. The lowest BCUT2D eigenvalue weighted by Crippen LogP contribution is -2.39. The van der Waals surface area contributed by atoms with Crippen molar-refractivity contribution < 1.29 is 17.9 Å². The van der Waals surface area contributed by atoms with E-state index in [2.05, 4.69) is 26.5 Å². The first kappa shape index (κ1) is 24.6. The minimum Gasteiger partial charge on any atom is -0.496 e. The van der Waals surface area contributed by atoms with Crippen LogP contribution in [-0.2, 0) is 21.4 Å². The van der Waals surface area contributed by atoms with Crippen LogP contribution in [0.15, 0.2) is 87.3 Å². The van der Waals surface area contributed by atoms with Crippen molar-refractivity contribution in [3.05, 3.63) is 94.0 Å². The second-order valence-electron chi connectivity index (χ2n) is 7.25. The van der Waals surface area contributed by atoms with Crippen LogP contribution < -0.4 is 10.2 Å². The Kier molecular flexibility index (Phi) is 8.37. The van der Waals surface area contributed by atoms with Crippen LogP contribution in [0.25, 0.3) is 0 Å². The molecule has 0 bridgehead atoms. The normalized spacial score (nSPS) is 11.6. The number of benzene rings is 3. The Morgan fingerprint density at radius 2 is 1.79 bits per heavy atom. The van der Waals surface area contributed by atoms with Crippen molar-refractivity contribution in [3.63, 3.8) is 0 Å². The molecule has 0 aromatic heterocycles. The van der Waals surface area contributed by atoms with Gasteiger partial charge in [-0.2, -0.15) is 9.41 Å². The maximum atomic E-state index is 13.2. The maximum Gasteiger partial charge on any atom is 0.255 e. The number of nitrogens with zero attached hydrogens (tertiary/aromatic N) is 2. The van der Waals surface area contributed by atoms with E-state index in [0.717, 1.165) is 19.9 Å². The van der Waals surface area contributed by atoms with E-state index < -0.39 is 22.5 Å². The molecule has 33 heavy (non-hydrogen) atoms. The first-order valence-electron chi connectivity index (χ1n) is 10.1. The number of nitrogens with one attached hydrogen (secondary N) is 1. The third-order valence-corrected chi connectivity index (χ3v) is 7.06. The molecule has 9 heteroatoms. The molecule has 1 N–H and O–H groups in total. The molecular weight excluding hydrogens is 506 g/mol. The number of hydrogen-bond acceptors (Lipinski definition) is 5. The molecule has 0 unspecified atom stereocenters. The number of amides is 1. The van der Waals surface area contributed by atoms with E-state index in [4.69, 9.17) is 4.74 Å². The Morgan fingerprint density at radius 1 is 1.09 bits per heavy atom. The zero-order valence-corrected chi connectivity index (χ0v) is 20.6. The van der Waals surface area contributed by atoms with Crippen molar-refractivity contribution in [2.24, 2.45) is 5.10 Å². The molecule has 7 nitrogen and oxygen atoms in total. The molecule has 0 aliphatic carbocycles. The molecule has 0 saturated heterocycles. The van der Waals surface area contributed by atoms with Crippen LogP contribution >= 0.6 is 15.9 Å². The number of methoxy groups -OCH3 is 1. The number of hydrogen-bond donors (Lipinski definition) is 1. The number of halogens is 1. The fraction of sp³-hybridized carbons (Fsp3) is 0.167. The van der Waals surface area contributed by atoms with Gasteiger partial charge in [0.05, 0.1) is 24.8 Å². The average Bonchev–Trinajstić information content (AvgIpc) is 2.81. The summed E-state index contributed by atoms with van der Waals surface area (Å²) in [6.45, 7) is 1.61. The van der Waals surface area contributed by atoms with E-state index in [-0.39, 0.29) is 11.4 Å². The molecule has 0 radical (unpaired) electrons. The molecule has 0 aliphatic rings. The minimum absolute atomic E-state index is 0.0497. The molecule has 0 spiro atoms. The lowest BCUT2D eigenvalue weighted by atomic mass is 10.1. The summed E-state index contributed by atoms with van der Waals surface area (Å²) in [6, 6.07) is 20.9. The predicted octanol–water partition coefficient (Wildman–Crippen LogP) is 4.11. The van der Waals surface area contributed by atoms with Crippen molar-refractivity contribution in [1.29, 1.82) is 0 Å². The lowest BCUT2D eigenvalue weighted by Gasteiger charge is -2.21. The SMILES string of the molecule is COc1ccc(Br)cc1/C=N/NC(=O)CN(Cc1ccc(C)cc1)S(=O)(=O)c1ccccc1. The average molecular weight is 530 g/mol. The Balaban J connectivity index is 1.78. The van der Waals surface area contributed by atoms with Gasteiger partial charge in [0.2, 0.25) is 10.0 Å². The zero-order valence-electron chi connectivity index (χ0n) is 18.2. The van der Waals surface area contributed by atoms with E-state index in [1.165, 1.54) is 25.5 Å². The summed E-state index contributed by atoms with van der Waals surface area (Å²) < 4.78 is 33.7. The molecule has 0 heterocycles. The van der Waals surface area contributed by atoms with Crippen molar-refractivity contribution in [2.75, 3.05) is 13.7 Å². The lowest BCUT2D eigenvalue weighted by molar-refractivity contribution is -0.121. The van der Waals surface area contributed by atoms with Crippen molar-refractivity contribution in [1.82, 2.24) is 9.73 Å². The largest absolute Gasteiger partial charge is 0.496 e. The number of carbonyl (C=O) groups excluding carboxylic acids is 1. The summed E-state index contributed by atoms with van der Waals surface area (Å²) in [4.78, 5) is 12.7. The van der Waals surface area contributed by atoms with Crippen molar-refractivity contribution in [3.8, 4) is 5.75 Å². The van der Waals surface area contributed by atoms with Gasteiger partial charge in [-0.25, -0.2) is 13.8 Å². The second kappa shape index (κ2) is 11.2. The summed E-state index contributed by atoms with van der Waals surface area (Å²) in [5.74, 6) is 0.0238. The fourth-order valence-electron chi connectivity index (χ4n) is 3.04. The van der Waals surface area contributed by atoms with Crippen LogP contribution in [0.3, 0.4) is 0 Å². The van der Waals surface area contributed by atoms with Crippen LogP contribution in [0.4, 0.5) is 0 Å². The van der Waals surface area contributed by atoms with E-state index in [0.29, 0.717) is 11.3 Å². The van der Waals surface area contributed by atoms with Gasteiger partial charge in [-0.1, -0.05) is 64.0 Å². The van der Waals surface area contributed by atoms with Crippen LogP contribution in [0.1, 0.15) is 16.7 Å². The highest BCUT2D eigenvalue weighted by Crippen LogP contribution is 2.21. The number of hydrazone groups is 1. The maximum absolute atomic E-state index is 13.2. The summed E-state index contributed by atoms with van der Waals surface area (Å²) in [7, 11) is -2.37. The number of rotatable bonds is 9. The first-order chi connectivity index (χ1) is 15.8. The summed E-state index contributed by atoms with van der Waals surface area (Å²) >= 11 is 3.38. The summed E-state index contributed by atoms with van der Waals surface area (Å²) in [6.07, 6.45) is 1.44. The number of aryl methyl sites for hydroxylation is 1. The zero-order chi connectivity index (χ0) is 23.8. The molecule has 0 aliphatic heterocycles. The molecule has 3 aromatic rings. The topological polar surface area (TPSA) is 88.1 Å². The van der Waals surface area contributed by atoms with Gasteiger partial charge in [-0.3, -0.25) is 4.79 Å². The summed E-state index contributed by atoms with van der Waals surface area (Å²) in [5, 5.41) is 3.97. The standard InChI is InChI=1S/C24H24BrN3O4S/c1-18-8-10-19(11-9-18)16-28(33(30,31)22-6-4-3-5-7-22)17-24(29)27-26-15-20-14-21(25)12-13-23(20)32-2/h3-15H,16-17H2,1-2H3,(H,27,29)/b26-15+. The highest BCUT2D eigenvalue weighted by atomic mass is 79.9. The van der Waals surface area contributed by atoms with Gasteiger partial charge in [0.1, 0.15) is 5.75 Å². The molecule has 0 fully saturated rings. The number of ether oxygens (including phenoxy) is 1.